The van der Waals surface area contributed by atoms with Gasteiger partial charge >= 0.3 is 19.8 Å². The van der Waals surface area contributed by atoms with Crippen molar-refractivity contribution in [3.05, 3.63) is 72.9 Å². The number of esters is 2. The van der Waals surface area contributed by atoms with E-state index in [-0.39, 0.29) is 32.0 Å². The second-order valence-electron chi connectivity index (χ2n) is 23.5. The molecular weight excluding hydrogens is 1000 g/mol. The van der Waals surface area contributed by atoms with Crippen molar-refractivity contribution in [2.45, 2.75) is 309 Å². The lowest BCUT2D eigenvalue weighted by atomic mass is 10.0. The molecule has 0 heterocycles. The van der Waals surface area contributed by atoms with Crippen LogP contribution in [0.2, 0.25) is 0 Å². The fourth-order valence-electron chi connectivity index (χ4n) is 9.43. The standard InChI is InChI=1S/C69H126NO8P/c1-6-8-10-12-14-16-18-20-22-24-26-28-30-32-34-36-37-39-41-43-45-47-49-51-53-55-57-59-61-68(71)75-65-67(66-77-79(73,74)76-64-63-70(3,4)5)78-69(72)62-60-58-56-54-52-50-48-46-44-42-40-38-35-33-31-29-27-25-23-21-19-17-15-13-11-9-7-2/h9,11,15,17,21,23,27,29,33,35,40,42,67H,6-8,10,12-14,16,18-20,22,24-26,28,30-32,34,36-39,41,43-66H2,1-5H3/p+1/b11-9-,17-15-,23-21-,29-27-,35-33-,42-40-. The largest absolute Gasteiger partial charge is 0.472 e. The molecule has 0 bridgehead atoms. The Morgan fingerprint density at radius 3 is 1.08 bits per heavy atom. The number of phosphoric acid groups is 1. The number of phosphoric ester groups is 1. The number of nitrogens with zero attached hydrogens (tertiary/aromatic N) is 1. The fraction of sp³-hybridized carbons (Fsp3) is 0.797. The summed E-state index contributed by atoms with van der Waals surface area (Å²) in [5, 5.41) is 0. The van der Waals surface area contributed by atoms with Crippen LogP contribution < -0.4 is 0 Å². The molecule has 460 valence electrons. The Hall–Kier alpha value is -2.55. The minimum atomic E-state index is -4.39. The van der Waals surface area contributed by atoms with Gasteiger partial charge in [-0.2, -0.15) is 0 Å². The zero-order valence-corrected chi connectivity index (χ0v) is 53.2. The number of carbonyl (C=O) groups excluding carboxylic acids is 2. The van der Waals surface area contributed by atoms with Crippen LogP contribution in [0.1, 0.15) is 303 Å². The Labute approximate surface area is 489 Å². The topological polar surface area (TPSA) is 108 Å². The second kappa shape index (κ2) is 60.1. The van der Waals surface area contributed by atoms with Crippen molar-refractivity contribution in [1.82, 2.24) is 0 Å². The molecule has 0 radical (unpaired) electrons. The first-order valence-corrected chi connectivity index (χ1v) is 34.7. The number of quaternary nitrogens is 1. The highest BCUT2D eigenvalue weighted by molar-refractivity contribution is 7.47. The summed E-state index contributed by atoms with van der Waals surface area (Å²) in [7, 11) is 1.47. The van der Waals surface area contributed by atoms with Crippen LogP contribution in [0.4, 0.5) is 0 Å². The van der Waals surface area contributed by atoms with E-state index >= 15 is 0 Å². The molecule has 0 aliphatic heterocycles. The molecule has 1 N–H and O–H groups in total. The molecule has 10 heteroatoms. The first kappa shape index (κ1) is 76.5. The average Bonchev–Trinajstić information content (AvgIpc) is 3.41. The van der Waals surface area contributed by atoms with Gasteiger partial charge in [-0.05, 0) is 64.2 Å². The monoisotopic (exact) mass is 1130 g/mol. The average molecular weight is 1130 g/mol. The van der Waals surface area contributed by atoms with E-state index in [0.29, 0.717) is 17.4 Å². The van der Waals surface area contributed by atoms with Gasteiger partial charge in [0.05, 0.1) is 27.7 Å². The molecular formula is C69H127NO8P+. The van der Waals surface area contributed by atoms with Gasteiger partial charge in [0.15, 0.2) is 6.10 Å². The molecule has 0 amide bonds. The molecule has 0 saturated heterocycles. The molecule has 0 aliphatic rings. The third kappa shape index (κ3) is 64.5. The van der Waals surface area contributed by atoms with Gasteiger partial charge in [-0.15, -0.1) is 0 Å². The summed E-state index contributed by atoms with van der Waals surface area (Å²) in [6.07, 6.45) is 79.9. The van der Waals surface area contributed by atoms with E-state index in [2.05, 4.69) is 86.8 Å². The predicted molar refractivity (Wildman–Crippen MR) is 339 cm³/mol. The minimum Gasteiger partial charge on any atom is -0.462 e. The van der Waals surface area contributed by atoms with Crippen molar-refractivity contribution in [2.75, 3.05) is 47.5 Å². The van der Waals surface area contributed by atoms with Crippen molar-refractivity contribution in [3.8, 4) is 0 Å². The summed E-state index contributed by atoms with van der Waals surface area (Å²) in [5.74, 6) is -0.797. The summed E-state index contributed by atoms with van der Waals surface area (Å²) in [6.45, 7) is 4.35. The van der Waals surface area contributed by atoms with Gasteiger partial charge in [0, 0.05) is 12.8 Å². The molecule has 0 rings (SSSR count). The lowest BCUT2D eigenvalue weighted by Crippen LogP contribution is -2.37. The van der Waals surface area contributed by atoms with E-state index in [4.69, 9.17) is 18.5 Å². The van der Waals surface area contributed by atoms with Gasteiger partial charge < -0.3 is 18.9 Å². The van der Waals surface area contributed by atoms with Crippen molar-refractivity contribution in [1.29, 1.82) is 0 Å². The van der Waals surface area contributed by atoms with Gasteiger partial charge in [0.25, 0.3) is 0 Å². The van der Waals surface area contributed by atoms with Crippen LogP contribution in [0.25, 0.3) is 0 Å². The van der Waals surface area contributed by atoms with Crippen LogP contribution >= 0.6 is 7.82 Å². The quantitative estimate of drug-likeness (QED) is 0.0211. The van der Waals surface area contributed by atoms with Crippen molar-refractivity contribution >= 4 is 19.8 Å². The molecule has 2 atom stereocenters. The van der Waals surface area contributed by atoms with E-state index < -0.39 is 26.5 Å². The zero-order valence-electron chi connectivity index (χ0n) is 52.4. The van der Waals surface area contributed by atoms with Gasteiger partial charge in [-0.1, -0.05) is 299 Å². The molecule has 79 heavy (non-hydrogen) atoms. The Morgan fingerprint density at radius 1 is 0.405 bits per heavy atom. The van der Waals surface area contributed by atoms with E-state index in [1.807, 2.05) is 21.1 Å². The zero-order chi connectivity index (χ0) is 57.7. The number of unbranched alkanes of at least 4 members (excludes halogenated alkanes) is 35. The Balaban J connectivity index is 4.09. The molecule has 0 fully saturated rings. The van der Waals surface area contributed by atoms with Crippen molar-refractivity contribution in [2.24, 2.45) is 0 Å². The lowest BCUT2D eigenvalue weighted by molar-refractivity contribution is -0.870. The number of likely N-dealkylation sites (N-methyl/N-ethyl adjacent to an activating group) is 1. The number of rotatable bonds is 61. The molecule has 9 nitrogen and oxygen atoms in total. The maximum absolute atomic E-state index is 12.9. The molecule has 0 spiro atoms. The normalized spacial score (nSPS) is 13.6. The number of allylic oxidation sites excluding steroid dienone is 12. The summed E-state index contributed by atoms with van der Waals surface area (Å²) in [6, 6.07) is 0. The van der Waals surface area contributed by atoms with Gasteiger partial charge in [0.1, 0.15) is 19.8 Å². The van der Waals surface area contributed by atoms with Gasteiger partial charge in [0.2, 0.25) is 0 Å². The van der Waals surface area contributed by atoms with Gasteiger partial charge in [-0.3, -0.25) is 18.6 Å². The highest BCUT2D eigenvalue weighted by atomic mass is 31.2. The van der Waals surface area contributed by atoms with E-state index in [1.165, 1.54) is 186 Å². The van der Waals surface area contributed by atoms with Crippen molar-refractivity contribution < 1.29 is 42.1 Å². The van der Waals surface area contributed by atoms with Crippen molar-refractivity contribution in [3.63, 3.8) is 0 Å². The predicted octanol–water partition coefficient (Wildman–Crippen LogP) is 21.2. The highest BCUT2D eigenvalue weighted by Gasteiger charge is 2.27. The maximum Gasteiger partial charge on any atom is 0.472 e. The van der Waals surface area contributed by atoms with E-state index in [0.717, 1.165) is 83.5 Å². The number of carbonyl (C=O) groups is 2. The van der Waals surface area contributed by atoms with Crippen LogP contribution in [0, 0.1) is 0 Å². The van der Waals surface area contributed by atoms with E-state index in [9.17, 15) is 19.0 Å². The minimum absolute atomic E-state index is 0.0285. The first-order valence-electron chi connectivity index (χ1n) is 33.2. The Bertz CT molecular complexity index is 1560. The molecule has 2 unspecified atom stereocenters. The Kier molecular flexibility index (Phi) is 58.1. The Morgan fingerprint density at radius 2 is 0.722 bits per heavy atom. The summed E-state index contributed by atoms with van der Waals surface area (Å²) in [5.41, 5.74) is 0. The molecule has 0 aliphatic carbocycles. The third-order valence-corrected chi connectivity index (χ3v) is 15.5. The lowest BCUT2D eigenvalue weighted by Gasteiger charge is -2.24. The highest BCUT2D eigenvalue weighted by Crippen LogP contribution is 2.43. The molecule has 0 aromatic heterocycles. The van der Waals surface area contributed by atoms with Crippen LogP contribution in [0.5, 0.6) is 0 Å². The summed E-state index contributed by atoms with van der Waals surface area (Å²) >= 11 is 0. The molecule has 0 saturated carbocycles. The van der Waals surface area contributed by atoms with Crippen LogP contribution in [-0.4, -0.2) is 74.9 Å². The summed E-state index contributed by atoms with van der Waals surface area (Å²) < 4.78 is 34.7. The summed E-state index contributed by atoms with van der Waals surface area (Å²) in [4.78, 5) is 35.8. The maximum atomic E-state index is 12.9. The first-order chi connectivity index (χ1) is 38.5. The van der Waals surface area contributed by atoms with Crippen LogP contribution in [-0.2, 0) is 32.7 Å². The van der Waals surface area contributed by atoms with Crippen LogP contribution in [0.3, 0.4) is 0 Å². The van der Waals surface area contributed by atoms with E-state index in [1.54, 1.807) is 0 Å². The third-order valence-electron chi connectivity index (χ3n) is 14.5. The molecule has 0 aromatic rings. The molecule has 0 aromatic carbocycles. The SMILES string of the molecule is CC/C=C\C/C=C\C/C=C\C/C=C\C/C=C\C/C=C\CCCCCCCCCCC(=O)OC(COC(=O)CCCCCCCCCCCCCCCCCCCCCCCCCCCCCC)COP(=O)(O)OCC[N+](C)(C)C. The van der Waals surface area contributed by atoms with Crippen LogP contribution in [0.15, 0.2) is 72.9 Å². The smallest absolute Gasteiger partial charge is 0.462 e. The number of hydrogen-bond donors (Lipinski definition) is 1. The second-order valence-corrected chi connectivity index (χ2v) is 24.9. The fourth-order valence-corrected chi connectivity index (χ4v) is 10.2. The number of ether oxygens (including phenoxy) is 2. The number of hydrogen-bond acceptors (Lipinski definition) is 7. The van der Waals surface area contributed by atoms with Gasteiger partial charge in [-0.25, -0.2) is 4.57 Å².